The summed E-state index contributed by atoms with van der Waals surface area (Å²) in [5.74, 6) is 0. The Morgan fingerprint density at radius 3 is 2.57 bits per heavy atom. The lowest BCUT2D eigenvalue weighted by Gasteiger charge is -2.14. The number of halogens is 3. The second kappa shape index (κ2) is 7.19. The fourth-order valence-corrected chi connectivity index (χ4v) is 1.92. The van der Waals surface area contributed by atoms with Crippen molar-refractivity contribution < 1.29 is 13.2 Å². The zero-order valence-corrected chi connectivity index (χ0v) is 12.9. The Labute approximate surface area is 136 Å². The van der Waals surface area contributed by atoms with Crippen molar-refractivity contribution in [1.82, 2.24) is 10.4 Å². The molecule has 8 heteroatoms. The number of hydrogen-bond acceptors (Lipinski definition) is 3. The molecule has 0 aliphatic rings. The molecule has 120 valence electrons. The van der Waals surface area contributed by atoms with Crippen LogP contribution in [-0.2, 0) is 6.18 Å². The molecule has 0 spiro atoms. The van der Waals surface area contributed by atoms with Crippen LogP contribution in [0.4, 0.5) is 18.9 Å². The van der Waals surface area contributed by atoms with Gasteiger partial charge in [-0.1, -0.05) is 18.2 Å². The first kappa shape index (κ1) is 16.9. The number of rotatable bonds is 3. The smallest absolute Gasteiger partial charge is 0.331 e. The maximum absolute atomic E-state index is 12.9. The second-order valence-corrected chi connectivity index (χ2v) is 4.96. The van der Waals surface area contributed by atoms with E-state index < -0.39 is 11.7 Å². The normalized spacial score (nSPS) is 11.9. The van der Waals surface area contributed by atoms with Gasteiger partial charge in [0.2, 0.25) is 0 Å². The largest absolute Gasteiger partial charge is 0.418 e. The average molecular weight is 338 g/mol. The van der Waals surface area contributed by atoms with E-state index in [2.05, 4.69) is 20.8 Å². The summed E-state index contributed by atoms with van der Waals surface area (Å²) in [6.45, 7) is 1.73. The van der Waals surface area contributed by atoms with Gasteiger partial charge >= 0.3 is 6.18 Å². The first-order chi connectivity index (χ1) is 10.9. The standard InChI is InChI=1S/C15H13F3N4S/c1-10(11-5-4-8-19-9-11)21-22-14(23)20-13-7-3-2-6-12(13)15(16,17)18/h2-9H,1H3,(H2,20,22,23)/b21-10+. The molecule has 1 aromatic heterocycles. The van der Waals surface area contributed by atoms with E-state index >= 15 is 0 Å². The van der Waals surface area contributed by atoms with Gasteiger partial charge in [-0.05, 0) is 37.3 Å². The van der Waals surface area contributed by atoms with Crippen LogP contribution in [-0.4, -0.2) is 15.8 Å². The van der Waals surface area contributed by atoms with E-state index in [1.807, 2.05) is 6.07 Å². The molecule has 2 rings (SSSR count). The minimum atomic E-state index is -4.46. The van der Waals surface area contributed by atoms with Crippen LogP contribution in [0, 0.1) is 0 Å². The van der Waals surface area contributed by atoms with Crippen LogP contribution < -0.4 is 10.7 Å². The highest BCUT2D eigenvalue weighted by Crippen LogP contribution is 2.34. The van der Waals surface area contributed by atoms with Crippen LogP contribution in [0.15, 0.2) is 53.9 Å². The van der Waals surface area contributed by atoms with Crippen LogP contribution in [0.2, 0.25) is 0 Å². The van der Waals surface area contributed by atoms with Crippen LogP contribution >= 0.6 is 12.2 Å². The topological polar surface area (TPSA) is 49.3 Å². The fourth-order valence-electron chi connectivity index (χ4n) is 1.77. The number of anilines is 1. The van der Waals surface area contributed by atoms with E-state index in [1.54, 1.807) is 25.4 Å². The molecule has 2 N–H and O–H groups in total. The van der Waals surface area contributed by atoms with Gasteiger partial charge in [-0.3, -0.25) is 10.4 Å². The van der Waals surface area contributed by atoms with Gasteiger partial charge in [0.05, 0.1) is 17.0 Å². The van der Waals surface area contributed by atoms with Crippen molar-refractivity contribution in [2.24, 2.45) is 5.10 Å². The Morgan fingerprint density at radius 2 is 1.91 bits per heavy atom. The molecule has 23 heavy (non-hydrogen) atoms. The Bertz CT molecular complexity index is 714. The molecule has 1 heterocycles. The molecule has 0 saturated carbocycles. The molecule has 0 atom stereocenters. The Hall–Kier alpha value is -2.48. The summed E-state index contributed by atoms with van der Waals surface area (Å²) < 4.78 is 38.7. The quantitative estimate of drug-likeness (QED) is 0.508. The van der Waals surface area contributed by atoms with E-state index in [-0.39, 0.29) is 10.8 Å². The minimum absolute atomic E-state index is 0.0371. The minimum Gasteiger partial charge on any atom is -0.331 e. The van der Waals surface area contributed by atoms with E-state index in [0.29, 0.717) is 5.71 Å². The molecule has 0 bridgehead atoms. The van der Waals surface area contributed by atoms with Gasteiger partial charge in [-0.2, -0.15) is 18.3 Å². The molecule has 0 radical (unpaired) electrons. The molecule has 2 aromatic rings. The molecular formula is C15H13F3N4S. The summed E-state index contributed by atoms with van der Waals surface area (Å²) in [5.41, 5.74) is 2.97. The summed E-state index contributed by atoms with van der Waals surface area (Å²) in [5, 5.41) is 6.49. The number of para-hydroxylation sites is 1. The van der Waals surface area contributed by atoms with Crippen molar-refractivity contribution in [1.29, 1.82) is 0 Å². The second-order valence-electron chi connectivity index (χ2n) is 4.55. The van der Waals surface area contributed by atoms with Crippen LogP contribution in [0.5, 0.6) is 0 Å². The molecule has 0 aliphatic heterocycles. The van der Waals surface area contributed by atoms with Gasteiger partial charge in [-0.25, -0.2) is 0 Å². The predicted molar refractivity (Wildman–Crippen MR) is 87.2 cm³/mol. The van der Waals surface area contributed by atoms with Crippen LogP contribution in [0.25, 0.3) is 0 Å². The molecule has 0 amide bonds. The zero-order chi connectivity index (χ0) is 16.9. The van der Waals surface area contributed by atoms with Crippen molar-refractivity contribution >= 4 is 28.7 Å². The Balaban J connectivity index is 2.07. The summed E-state index contributed by atoms with van der Waals surface area (Å²) in [4.78, 5) is 3.96. The summed E-state index contributed by atoms with van der Waals surface area (Å²) >= 11 is 4.97. The van der Waals surface area contributed by atoms with Gasteiger partial charge in [0.15, 0.2) is 5.11 Å². The van der Waals surface area contributed by atoms with E-state index in [9.17, 15) is 13.2 Å². The maximum atomic E-state index is 12.9. The third-order valence-electron chi connectivity index (χ3n) is 2.89. The van der Waals surface area contributed by atoms with E-state index in [4.69, 9.17) is 12.2 Å². The number of aromatic nitrogens is 1. The number of hydrogen-bond donors (Lipinski definition) is 2. The predicted octanol–water partition coefficient (Wildman–Crippen LogP) is 3.81. The summed E-state index contributed by atoms with van der Waals surface area (Å²) in [6, 6.07) is 8.65. The number of pyridine rings is 1. The monoisotopic (exact) mass is 338 g/mol. The lowest BCUT2D eigenvalue weighted by Crippen LogP contribution is -2.26. The third kappa shape index (κ3) is 4.75. The molecule has 0 aliphatic carbocycles. The highest BCUT2D eigenvalue weighted by atomic mass is 32.1. The average Bonchev–Trinajstić information content (AvgIpc) is 2.53. The lowest BCUT2D eigenvalue weighted by atomic mass is 10.2. The number of thiocarbonyl (C=S) groups is 1. The third-order valence-corrected chi connectivity index (χ3v) is 3.08. The number of hydrazone groups is 1. The molecule has 0 unspecified atom stereocenters. The molecule has 0 saturated heterocycles. The van der Waals surface area contributed by atoms with Crippen molar-refractivity contribution in [3.8, 4) is 0 Å². The Morgan fingerprint density at radius 1 is 1.17 bits per heavy atom. The SMILES string of the molecule is C/C(=N\NC(=S)Nc1ccccc1C(F)(F)F)c1cccnc1. The maximum Gasteiger partial charge on any atom is 0.418 e. The van der Waals surface area contributed by atoms with Crippen molar-refractivity contribution in [2.75, 3.05) is 5.32 Å². The van der Waals surface area contributed by atoms with Gasteiger partial charge in [0.25, 0.3) is 0 Å². The number of nitrogens with one attached hydrogen (secondary N) is 2. The van der Waals surface area contributed by atoms with Crippen LogP contribution in [0.1, 0.15) is 18.1 Å². The Kier molecular flexibility index (Phi) is 5.28. The molecule has 1 aromatic carbocycles. The summed E-state index contributed by atoms with van der Waals surface area (Å²) in [7, 11) is 0. The van der Waals surface area contributed by atoms with Crippen molar-refractivity contribution in [3.05, 3.63) is 59.9 Å². The van der Waals surface area contributed by atoms with Gasteiger partial charge < -0.3 is 5.32 Å². The van der Waals surface area contributed by atoms with Gasteiger partial charge in [0, 0.05) is 18.0 Å². The number of nitrogens with zero attached hydrogens (tertiary/aromatic N) is 2. The summed E-state index contributed by atoms with van der Waals surface area (Å²) in [6.07, 6.45) is -1.21. The zero-order valence-electron chi connectivity index (χ0n) is 12.1. The first-order valence-electron chi connectivity index (χ1n) is 6.56. The van der Waals surface area contributed by atoms with E-state index in [1.165, 1.54) is 18.2 Å². The van der Waals surface area contributed by atoms with Crippen LogP contribution in [0.3, 0.4) is 0 Å². The highest BCUT2D eigenvalue weighted by Gasteiger charge is 2.33. The van der Waals surface area contributed by atoms with Gasteiger partial charge in [0.1, 0.15) is 0 Å². The molecular weight excluding hydrogens is 325 g/mol. The van der Waals surface area contributed by atoms with Crippen molar-refractivity contribution in [2.45, 2.75) is 13.1 Å². The van der Waals surface area contributed by atoms with E-state index in [0.717, 1.165) is 11.6 Å². The highest BCUT2D eigenvalue weighted by molar-refractivity contribution is 7.80. The fraction of sp³-hybridized carbons (Fsp3) is 0.133. The number of benzene rings is 1. The molecule has 4 nitrogen and oxygen atoms in total. The first-order valence-corrected chi connectivity index (χ1v) is 6.96. The number of alkyl halides is 3. The molecule has 0 fully saturated rings. The lowest BCUT2D eigenvalue weighted by molar-refractivity contribution is -0.136. The van der Waals surface area contributed by atoms with Gasteiger partial charge in [-0.15, -0.1) is 0 Å². The van der Waals surface area contributed by atoms with Crippen molar-refractivity contribution in [3.63, 3.8) is 0 Å².